The van der Waals surface area contributed by atoms with Gasteiger partial charge in [0.25, 0.3) is 15.9 Å². The van der Waals surface area contributed by atoms with Crippen molar-refractivity contribution >= 4 is 44.1 Å². The number of hydrogen-bond acceptors (Lipinski definition) is 4. The molecule has 2 aromatic carbocycles. The zero-order valence-corrected chi connectivity index (χ0v) is 20.5. The van der Waals surface area contributed by atoms with Crippen LogP contribution in [0.5, 0.6) is 0 Å². The fourth-order valence-electron chi connectivity index (χ4n) is 4.23. The molecule has 1 N–H and O–H groups in total. The van der Waals surface area contributed by atoms with Crippen molar-refractivity contribution in [2.75, 3.05) is 37.4 Å². The number of piperazine rings is 1. The lowest BCUT2D eigenvalue weighted by molar-refractivity contribution is 0.0633. The maximum Gasteiger partial charge on any atom is 0.270 e. The Hall–Kier alpha value is -2.55. The Morgan fingerprint density at radius 2 is 1.70 bits per heavy atom. The van der Waals surface area contributed by atoms with Crippen molar-refractivity contribution in [3.8, 4) is 0 Å². The summed E-state index contributed by atoms with van der Waals surface area (Å²) in [5.74, 6) is 0.0266. The van der Waals surface area contributed by atoms with Crippen LogP contribution in [0.25, 0.3) is 10.9 Å². The predicted octanol–water partition coefficient (Wildman–Crippen LogP) is 4.28. The van der Waals surface area contributed by atoms with Crippen LogP contribution in [-0.4, -0.2) is 61.4 Å². The first-order chi connectivity index (χ1) is 15.8. The minimum absolute atomic E-state index is 0.0266. The quantitative estimate of drug-likeness (QED) is 0.538. The van der Waals surface area contributed by atoms with Crippen LogP contribution in [0.3, 0.4) is 0 Å². The van der Waals surface area contributed by atoms with E-state index in [9.17, 15) is 13.2 Å². The van der Waals surface area contributed by atoms with Gasteiger partial charge in [-0.3, -0.25) is 9.52 Å². The van der Waals surface area contributed by atoms with Gasteiger partial charge in [0.15, 0.2) is 0 Å². The van der Waals surface area contributed by atoms with E-state index in [0.29, 0.717) is 29.5 Å². The van der Waals surface area contributed by atoms with E-state index < -0.39 is 10.0 Å². The van der Waals surface area contributed by atoms with Crippen LogP contribution in [0, 0.1) is 0 Å². The minimum Gasteiger partial charge on any atom is -0.337 e. The number of halogens is 1. The summed E-state index contributed by atoms with van der Waals surface area (Å²) < 4.78 is 30.2. The number of aromatic nitrogens is 1. The number of aryl methyl sites for hydroxylation is 1. The molecule has 0 radical (unpaired) electrons. The SMILES string of the molecule is CCCn1c(C(=O)N2CCN(CC)CC2)cc2cc(NS(=O)(=O)c3ccc(Cl)cc3)ccc21. The van der Waals surface area contributed by atoms with E-state index in [-0.39, 0.29) is 10.8 Å². The molecule has 1 aliphatic rings. The van der Waals surface area contributed by atoms with Gasteiger partial charge in [0.2, 0.25) is 0 Å². The molecule has 7 nitrogen and oxygen atoms in total. The molecule has 1 aliphatic heterocycles. The highest BCUT2D eigenvalue weighted by Crippen LogP contribution is 2.27. The van der Waals surface area contributed by atoms with Gasteiger partial charge in [0, 0.05) is 54.3 Å². The molecule has 1 amide bonds. The second-order valence-electron chi connectivity index (χ2n) is 8.24. The Bertz CT molecular complexity index is 1250. The van der Waals surface area contributed by atoms with Gasteiger partial charge < -0.3 is 14.4 Å². The molecule has 0 unspecified atom stereocenters. The highest BCUT2D eigenvalue weighted by Gasteiger charge is 2.25. The number of benzene rings is 2. The number of nitrogens with zero attached hydrogens (tertiary/aromatic N) is 3. The summed E-state index contributed by atoms with van der Waals surface area (Å²) >= 11 is 5.88. The molecular weight excluding hydrogens is 460 g/mol. The Morgan fingerprint density at radius 1 is 1.00 bits per heavy atom. The molecule has 0 spiro atoms. The largest absolute Gasteiger partial charge is 0.337 e. The molecule has 1 aromatic heterocycles. The minimum atomic E-state index is -3.75. The van der Waals surface area contributed by atoms with Crippen molar-refractivity contribution in [2.45, 2.75) is 31.7 Å². The molecule has 2 heterocycles. The molecule has 3 aromatic rings. The van der Waals surface area contributed by atoms with Crippen LogP contribution in [0.2, 0.25) is 5.02 Å². The molecule has 0 saturated carbocycles. The number of amides is 1. The number of carbonyl (C=O) groups is 1. The summed E-state index contributed by atoms with van der Waals surface area (Å²) in [5, 5.41) is 1.30. The monoisotopic (exact) mass is 488 g/mol. The second kappa shape index (κ2) is 9.75. The third-order valence-corrected chi connectivity index (χ3v) is 7.70. The predicted molar refractivity (Wildman–Crippen MR) is 133 cm³/mol. The van der Waals surface area contributed by atoms with Gasteiger partial charge in [-0.2, -0.15) is 0 Å². The second-order valence-corrected chi connectivity index (χ2v) is 10.4. The molecule has 9 heteroatoms. The fourth-order valence-corrected chi connectivity index (χ4v) is 5.41. The third kappa shape index (κ3) is 5.03. The van der Waals surface area contributed by atoms with Crippen molar-refractivity contribution < 1.29 is 13.2 Å². The van der Waals surface area contributed by atoms with Crippen molar-refractivity contribution in [3.05, 3.63) is 59.2 Å². The van der Waals surface area contributed by atoms with Crippen LogP contribution in [0.1, 0.15) is 30.8 Å². The van der Waals surface area contributed by atoms with Gasteiger partial charge in [-0.25, -0.2) is 8.42 Å². The van der Waals surface area contributed by atoms with Gasteiger partial charge in [-0.1, -0.05) is 25.4 Å². The zero-order chi connectivity index (χ0) is 23.6. The van der Waals surface area contributed by atoms with Crippen molar-refractivity contribution in [2.24, 2.45) is 0 Å². The maximum atomic E-state index is 13.4. The Labute approximate surface area is 200 Å². The summed E-state index contributed by atoms with van der Waals surface area (Å²) in [6.07, 6.45) is 0.888. The van der Waals surface area contributed by atoms with Crippen molar-refractivity contribution in [1.29, 1.82) is 0 Å². The molecule has 176 valence electrons. The van der Waals surface area contributed by atoms with Crippen molar-refractivity contribution in [3.63, 3.8) is 0 Å². The fraction of sp³-hybridized carbons (Fsp3) is 0.375. The Balaban J connectivity index is 1.63. The van der Waals surface area contributed by atoms with E-state index in [2.05, 4.69) is 23.5 Å². The van der Waals surface area contributed by atoms with E-state index in [1.165, 1.54) is 12.1 Å². The number of likely N-dealkylation sites (N-methyl/N-ethyl adjacent to an activating group) is 1. The lowest BCUT2D eigenvalue weighted by Gasteiger charge is -2.34. The molecular formula is C24H29ClN4O3S. The van der Waals surface area contributed by atoms with Crippen LogP contribution in [0.15, 0.2) is 53.4 Å². The Kier molecular flexibility index (Phi) is 6.97. The Morgan fingerprint density at radius 3 is 2.33 bits per heavy atom. The molecule has 1 fully saturated rings. The summed E-state index contributed by atoms with van der Waals surface area (Å²) in [5.41, 5.74) is 2.01. The third-order valence-electron chi connectivity index (χ3n) is 6.05. The number of anilines is 1. The molecule has 1 saturated heterocycles. The number of rotatable bonds is 7. The zero-order valence-electron chi connectivity index (χ0n) is 18.9. The topological polar surface area (TPSA) is 74.7 Å². The molecule has 33 heavy (non-hydrogen) atoms. The maximum absolute atomic E-state index is 13.4. The normalized spacial score (nSPS) is 15.2. The van der Waals surface area contributed by atoms with Crippen LogP contribution < -0.4 is 4.72 Å². The number of carbonyl (C=O) groups excluding carboxylic acids is 1. The standard InChI is InChI=1S/C24H29ClN4O3S/c1-3-11-29-22-10-7-20(26-33(31,32)21-8-5-19(25)6-9-21)16-18(22)17-23(29)24(30)28-14-12-27(4-2)13-15-28/h5-10,16-17,26H,3-4,11-15H2,1-2H3. The van der Waals surface area contributed by atoms with Gasteiger partial charge in [-0.15, -0.1) is 0 Å². The smallest absolute Gasteiger partial charge is 0.270 e. The molecule has 0 bridgehead atoms. The first kappa shape index (κ1) is 23.6. The van der Waals surface area contributed by atoms with E-state index in [1.54, 1.807) is 24.3 Å². The highest BCUT2D eigenvalue weighted by molar-refractivity contribution is 7.92. The first-order valence-electron chi connectivity index (χ1n) is 11.3. The van der Waals surface area contributed by atoms with E-state index >= 15 is 0 Å². The van der Waals surface area contributed by atoms with E-state index in [0.717, 1.165) is 43.5 Å². The number of sulfonamides is 1. The van der Waals surface area contributed by atoms with Crippen LogP contribution >= 0.6 is 11.6 Å². The number of nitrogens with one attached hydrogen (secondary N) is 1. The first-order valence-corrected chi connectivity index (χ1v) is 13.1. The van der Waals surface area contributed by atoms with Crippen LogP contribution in [0.4, 0.5) is 5.69 Å². The van der Waals surface area contributed by atoms with Gasteiger partial charge in [0.05, 0.1) is 4.90 Å². The lowest BCUT2D eigenvalue weighted by atomic mass is 10.2. The summed E-state index contributed by atoms with van der Waals surface area (Å²) in [4.78, 5) is 17.7. The number of hydrogen-bond donors (Lipinski definition) is 1. The van der Waals surface area contributed by atoms with Gasteiger partial charge in [-0.05, 0) is 61.5 Å². The van der Waals surface area contributed by atoms with E-state index in [1.807, 2.05) is 21.6 Å². The van der Waals surface area contributed by atoms with Gasteiger partial charge >= 0.3 is 0 Å². The molecule has 0 atom stereocenters. The van der Waals surface area contributed by atoms with Crippen molar-refractivity contribution in [1.82, 2.24) is 14.4 Å². The summed E-state index contributed by atoms with van der Waals surface area (Å²) in [6.45, 7) is 9.12. The van der Waals surface area contributed by atoms with Gasteiger partial charge in [0.1, 0.15) is 5.69 Å². The van der Waals surface area contributed by atoms with Crippen LogP contribution in [-0.2, 0) is 16.6 Å². The average molecular weight is 489 g/mol. The highest BCUT2D eigenvalue weighted by atomic mass is 35.5. The number of fused-ring (bicyclic) bond motifs is 1. The molecule has 4 rings (SSSR count). The van der Waals surface area contributed by atoms with E-state index in [4.69, 9.17) is 11.6 Å². The summed E-state index contributed by atoms with van der Waals surface area (Å²) in [6, 6.07) is 13.3. The lowest BCUT2D eigenvalue weighted by Crippen LogP contribution is -2.48. The molecule has 0 aliphatic carbocycles. The summed E-state index contributed by atoms with van der Waals surface area (Å²) in [7, 11) is -3.75. The average Bonchev–Trinajstić information content (AvgIpc) is 3.16.